The minimum atomic E-state index is -0.955. The van der Waals surface area contributed by atoms with Gasteiger partial charge in [-0.05, 0) is 68.2 Å². The van der Waals surface area contributed by atoms with Crippen LogP contribution in [-0.4, -0.2) is 34.1 Å². The van der Waals surface area contributed by atoms with Gasteiger partial charge in [0.15, 0.2) is 0 Å². The molecular formula is C31H38N2O4S. The number of hydrogen-bond donors (Lipinski definition) is 1. The maximum Gasteiger partial charge on any atom is 0.348 e. The third-order valence-corrected chi connectivity index (χ3v) is 9.55. The van der Waals surface area contributed by atoms with E-state index in [4.69, 9.17) is 4.74 Å². The first-order valence-corrected chi connectivity index (χ1v) is 14.7. The maximum absolute atomic E-state index is 14.1. The molecule has 2 aliphatic rings. The number of ether oxygens (including phenoxy) is 1. The minimum absolute atomic E-state index is 0.0273. The highest BCUT2D eigenvalue weighted by molar-refractivity contribution is 7.14. The molecule has 202 valence electrons. The standard InChI is InChI=1S/C31H38N2O4S/c1-31(2,3)27-19-25(28(38-27)30(35)36)33(29(34)20-9-5-4-6-10-20)21-13-15-22(16-14-21)37-26-17-18-32-24-12-8-7-11-23(24)26/h7-8,11-12,17-22H,4-6,9-10,13-16H2,1-3H3,(H,35,36). The Bertz CT molecular complexity index is 1290. The number of carbonyl (C=O) groups excluding carboxylic acids is 1. The molecule has 0 unspecified atom stereocenters. The van der Waals surface area contributed by atoms with Crippen LogP contribution in [0.5, 0.6) is 5.75 Å². The molecule has 7 heteroatoms. The lowest BCUT2D eigenvalue weighted by molar-refractivity contribution is -0.124. The number of benzene rings is 1. The van der Waals surface area contributed by atoms with Crippen molar-refractivity contribution in [3.8, 4) is 5.75 Å². The number of carboxylic acids is 1. The summed E-state index contributed by atoms with van der Waals surface area (Å²) in [5, 5.41) is 11.1. The summed E-state index contributed by atoms with van der Waals surface area (Å²) in [5.74, 6) is -0.0333. The largest absolute Gasteiger partial charge is 0.490 e. The fourth-order valence-corrected chi connectivity index (χ4v) is 6.94. The van der Waals surface area contributed by atoms with Gasteiger partial charge < -0.3 is 14.7 Å². The summed E-state index contributed by atoms with van der Waals surface area (Å²) in [5.41, 5.74) is 1.31. The van der Waals surface area contributed by atoms with Crippen molar-refractivity contribution in [3.05, 3.63) is 52.3 Å². The number of aromatic carboxylic acids is 1. The molecule has 0 aliphatic heterocycles. The molecule has 2 heterocycles. The second kappa shape index (κ2) is 11.0. The lowest BCUT2D eigenvalue weighted by atomic mass is 9.85. The van der Waals surface area contributed by atoms with E-state index in [1.54, 1.807) is 6.20 Å². The van der Waals surface area contributed by atoms with Gasteiger partial charge in [-0.3, -0.25) is 9.78 Å². The van der Waals surface area contributed by atoms with E-state index in [0.29, 0.717) is 5.69 Å². The molecular weight excluding hydrogens is 496 g/mol. The van der Waals surface area contributed by atoms with Crippen molar-refractivity contribution in [2.45, 2.75) is 96.1 Å². The molecule has 5 rings (SSSR count). The quantitative estimate of drug-likeness (QED) is 0.352. The molecule has 1 aromatic carbocycles. The number of fused-ring (bicyclic) bond motifs is 1. The predicted molar refractivity (Wildman–Crippen MR) is 152 cm³/mol. The molecule has 1 N–H and O–H groups in total. The van der Waals surface area contributed by atoms with Gasteiger partial charge in [-0.25, -0.2) is 4.79 Å². The number of nitrogens with zero attached hydrogens (tertiary/aromatic N) is 2. The lowest BCUT2D eigenvalue weighted by Gasteiger charge is -2.39. The Hall–Kier alpha value is -2.93. The Morgan fingerprint density at radius 2 is 1.71 bits per heavy atom. The lowest BCUT2D eigenvalue weighted by Crippen LogP contribution is -2.47. The Kier molecular flexibility index (Phi) is 7.75. The van der Waals surface area contributed by atoms with Gasteiger partial charge in [0.05, 0.1) is 17.3 Å². The van der Waals surface area contributed by atoms with E-state index >= 15 is 0 Å². The molecule has 0 atom stereocenters. The average molecular weight is 535 g/mol. The molecule has 0 radical (unpaired) electrons. The van der Waals surface area contributed by atoms with Crippen molar-refractivity contribution in [2.24, 2.45) is 5.92 Å². The van der Waals surface area contributed by atoms with E-state index < -0.39 is 5.97 Å². The number of rotatable bonds is 6. The van der Waals surface area contributed by atoms with Crippen molar-refractivity contribution in [1.29, 1.82) is 0 Å². The summed E-state index contributed by atoms with van der Waals surface area (Å²) in [6, 6.07) is 11.9. The van der Waals surface area contributed by atoms with Gasteiger partial charge >= 0.3 is 5.97 Å². The van der Waals surface area contributed by atoms with Gasteiger partial charge in [-0.2, -0.15) is 0 Å². The van der Waals surface area contributed by atoms with Gasteiger partial charge in [0, 0.05) is 28.4 Å². The number of amides is 1. The topological polar surface area (TPSA) is 79.7 Å². The molecule has 6 nitrogen and oxygen atoms in total. The van der Waals surface area contributed by atoms with Gasteiger partial charge in [0.2, 0.25) is 5.91 Å². The van der Waals surface area contributed by atoms with Crippen molar-refractivity contribution >= 4 is 39.8 Å². The van der Waals surface area contributed by atoms with E-state index in [0.717, 1.165) is 72.9 Å². The minimum Gasteiger partial charge on any atom is -0.490 e. The molecule has 3 aromatic rings. The highest BCUT2D eigenvalue weighted by Gasteiger charge is 2.38. The number of aromatic nitrogens is 1. The summed E-state index contributed by atoms with van der Waals surface area (Å²) in [7, 11) is 0. The van der Waals surface area contributed by atoms with Crippen LogP contribution in [0.1, 0.15) is 93.1 Å². The normalized spacial score (nSPS) is 20.8. The zero-order valence-electron chi connectivity index (χ0n) is 22.6. The fourth-order valence-electron chi connectivity index (χ4n) is 5.90. The molecule has 2 aliphatic carbocycles. The molecule has 38 heavy (non-hydrogen) atoms. The Labute approximate surface area is 229 Å². The van der Waals surface area contributed by atoms with Crippen molar-refractivity contribution in [3.63, 3.8) is 0 Å². The van der Waals surface area contributed by atoms with Crippen LogP contribution in [0, 0.1) is 5.92 Å². The summed E-state index contributed by atoms with van der Waals surface area (Å²) >= 11 is 1.31. The van der Waals surface area contributed by atoms with Gasteiger partial charge in [-0.15, -0.1) is 11.3 Å². The Morgan fingerprint density at radius 3 is 2.39 bits per heavy atom. The first kappa shape index (κ1) is 26.7. The molecule has 0 spiro atoms. The van der Waals surface area contributed by atoms with E-state index in [1.807, 2.05) is 41.3 Å². The van der Waals surface area contributed by atoms with Crippen molar-refractivity contribution < 1.29 is 19.4 Å². The number of anilines is 1. The van der Waals surface area contributed by atoms with Crippen LogP contribution in [-0.2, 0) is 10.2 Å². The van der Waals surface area contributed by atoms with Gasteiger partial charge in [-0.1, -0.05) is 52.2 Å². The molecule has 1 amide bonds. The molecule has 0 bridgehead atoms. The molecule has 2 fully saturated rings. The van der Waals surface area contributed by atoms with Crippen LogP contribution in [0.3, 0.4) is 0 Å². The van der Waals surface area contributed by atoms with Crippen LogP contribution in [0.15, 0.2) is 42.6 Å². The SMILES string of the molecule is CC(C)(C)c1cc(N(C(=O)C2CCCCC2)C2CCC(Oc3ccnc4ccccc34)CC2)c(C(=O)O)s1. The summed E-state index contributed by atoms with van der Waals surface area (Å²) < 4.78 is 6.45. The first-order valence-electron chi connectivity index (χ1n) is 13.9. The van der Waals surface area contributed by atoms with Crippen LogP contribution in [0.2, 0.25) is 0 Å². The van der Waals surface area contributed by atoms with Crippen LogP contribution >= 0.6 is 11.3 Å². The van der Waals surface area contributed by atoms with Crippen molar-refractivity contribution in [1.82, 2.24) is 4.98 Å². The Morgan fingerprint density at radius 1 is 1.00 bits per heavy atom. The number of thiophene rings is 1. The van der Waals surface area contributed by atoms with Crippen LogP contribution in [0.25, 0.3) is 10.9 Å². The van der Waals surface area contributed by atoms with Gasteiger partial charge in [0.25, 0.3) is 0 Å². The number of hydrogen-bond acceptors (Lipinski definition) is 5. The zero-order chi connectivity index (χ0) is 26.9. The molecule has 2 aromatic heterocycles. The number of carboxylic acid groups (broad SMARTS) is 1. The van der Waals surface area contributed by atoms with E-state index in [-0.39, 0.29) is 34.3 Å². The van der Waals surface area contributed by atoms with Crippen molar-refractivity contribution in [2.75, 3.05) is 4.90 Å². The number of pyridine rings is 1. The smallest absolute Gasteiger partial charge is 0.348 e. The van der Waals surface area contributed by atoms with Crippen LogP contribution in [0.4, 0.5) is 5.69 Å². The van der Waals surface area contributed by atoms with E-state index in [1.165, 1.54) is 17.8 Å². The maximum atomic E-state index is 14.1. The fraction of sp³-hybridized carbons (Fsp3) is 0.516. The summed E-state index contributed by atoms with van der Waals surface area (Å²) in [4.78, 5) is 34.0. The second-order valence-corrected chi connectivity index (χ2v) is 12.9. The monoisotopic (exact) mass is 534 g/mol. The van der Waals surface area contributed by atoms with E-state index in [2.05, 4.69) is 25.8 Å². The highest BCUT2D eigenvalue weighted by Crippen LogP contribution is 2.42. The van der Waals surface area contributed by atoms with Crippen LogP contribution < -0.4 is 9.64 Å². The summed E-state index contributed by atoms with van der Waals surface area (Å²) in [6.45, 7) is 6.27. The van der Waals surface area contributed by atoms with E-state index in [9.17, 15) is 14.7 Å². The second-order valence-electron chi connectivity index (χ2n) is 11.8. The Balaban J connectivity index is 1.40. The third kappa shape index (κ3) is 5.58. The van der Waals surface area contributed by atoms with Gasteiger partial charge in [0.1, 0.15) is 10.6 Å². The number of para-hydroxylation sites is 1. The average Bonchev–Trinajstić information content (AvgIpc) is 3.37. The predicted octanol–water partition coefficient (Wildman–Crippen LogP) is 7.60. The molecule has 0 saturated heterocycles. The number of carbonyl (C=O) groups is 2. The third-order valence-electron chi connectivity index (χ3n) is 8.01. The zero-order valence-corrected chi connectivity index (χ0v) is 23.4. The first-order chi connectivity index (χ1) is 18.2. The summed E-state index contributed by atoms with van der Waals surface area (Å²) in [6.07, 6.45) is 10.1. The highest BCUT2D eigenvalue weighted by atomic mass is 32.1. The molecule has 2 saturated carbocycles.